The van der Waals surface area contributed by atoms with Gasteiger partial charge in [0.25, 0.3) is 0 Å². The molecule has 0 aliphatic heterocycles. The molecule has 6 aromatic carbocycles. The molecule has 0 heterocycles. The van der Waals surface area contributed by atoms with Crippen LogP contribution in [0, 0.1) is 0 Å². The minimum atomic E-state index is -1.16. The van der Waals surface area contributed by atoms with E-state index >= 15 is 0 Å². The van der Waals surface area contributed by atoms with Crippen LogP contribution in [0.3, 0.4) is 0 Å². The Labute approximate surface area is 292 Å². The van der Waals surface area contributed by atoms with Gasteiger partial charge in [-0.3, -0.25) is 0 Å². The fourth-order valence-corrected chi connectivity index (χ4v) is 6.95. The van der Waals surface area contributed by atoms with Gasteiger partial charge in [0.15, 0.2) is 0 Å². The lowest BCUT2D eigenvalue weighted by molar-refractivity contribution is -0.139. The maximum Gasteiger partial charge on any atom is 0.407 e. The smallest absolute Gasteiger partial charge is 0.407 e. The second kappa shape index (κ2) is 14.6. The Bertz CT molecular complexity index is 1920. The van der Waals surface area contributed by atoms with Crippen LogP contribution in [-0.2, 0) is 32.9 Å². The average Bonchev–Trinajstić information content (AvgIpc) is 3.49. The molecule has 6 heteroatoms. The molecule has 50 heavy (non-hydrogen) atoms. The number of ether oxygens (including phenoxy) is 2. The molecule has 2 N–H and O–H groups in total. The first-order chi connectivity index (χ1) is 24.5. The van der Waals surface area contributed by atoms with Crippen molar-refractivity contribution in [2.24, 2.45) is 0 Å². The fourth-order valence-electron chi connectivity index (χ4n) is 6.95. The molecule has 1 aliphatic carbocycles. The zero-order valence-corrected chi connectivity index (χ0v) is 27.4. The predicted molar refractivity (Wildman–Crippen MR) is 194 cm³/mol. The number of carboxylic acid groups (broad SMARTS) is 1. The molecule has 1 atom stereocenters. The molecule has 6 aromatic rings. The summed E-state index contributed by atoms with van der Waals surface area (Å²) >= 11 is 0. The van der Waals surface area contributed by atoms with Gasteiger partial charge in [0, 0.05) is 12.3 Å². The SMILES string of the molecule is O=C(N[C@@H](Cc1ccc(COC(c2ccccc2)(c2ccccc2)c2ccccc2)cc1)C(=O)O)OCC1c2ccccc2-c2ccccc21. The van der Waals surface area contributed by atoms with Gasteiger partial charge in [-0.15, -0.1) is 0 Å². The molecule has 0 aromatic heterocycles. The Hall–Kier alpha value is -5.98. The quantitative estimate of drug-likeness (QED) is 0.128. The third-order valence-electron chi connectivity index (χ3n) is 9.39. The van der Waals surface area contributed by atoms with Crippen molar-refractivity contribution in [1.82, 2.24) is 5.32 Å². The van der Waals surface area contributed by atoms with E-state index in [-0.39, 0.29) is 18.9 Å². The number of alkyl carbamates (subject to hydrolysis) is 1. The van der Waals surface area contributed by atoms with Gasteiger partial charge in [-0.2, -0.15) is 0 Å². The number of carboxylic acids is 1. The summed E-state index contributed by atoms with van der Waals surface area (Å²) in [5.74, 6) is -1.25. The maximum absolute atomic E-state index is 12.9. The van der Waals surface area contributed by atoms with Gasteiger partial charge in [0.2, 0.25) is 0 Å². The molecule has 0 bridgehead atoms. The van der Waals surface area contributed by atoms with E-state index in [4.69, 9.17) is 9.47 Å². The second-order valence-corrected chi connectivity index (χ2v) is 12.4. The lowest BCUT2D eigenvalue weighted by atomic mass is 9.80. The fraction of sp³-hybridized carbons (Fsp3) is 0.136. The molecule has 1 aliphatic rings. The summed E-state index contributed by atoms with van der Waals surface area (Å²) in [6, 6.07) is 53.2. The van der Waals surface area contributed by atoms with Crippen molar-refractivity contribution in [3.8, 4) is 11.1 Å². The number of carbonyl (C=O) groups excluding carboxylic acids is 1. The molecular weight excluding hydrogens is 622 g/mol. The van der Waals surface area contributed by atoms with Crippen LogP contribution in [0.15, 0.2) is 164 Å². The molecule has 6 nitrogen and oxygen atoms in total. The van der Waals surface area contributed by atoms with E-state index in [0.29, 0.717) is 6.61 Å². The van der Waals surface area contributed by atoms with E-state index in [1.807, 2.05) is 115 Å². The van der Waals surface area contributed by atoms with Crippen molar-refractivity contribution in [2.45, 2.75) is 30.6 Å². The summed E-state index contributed by atoms with van der Waals surface area (Å²) in [4.78, 5) is 25.1. The molecule has 0 spiro atoms. The van der Waals surface area contributed by atoms with Crippen LogP contribution in [0.4, 0.5) is 4.79 Å². The minimum absolute atomic E-state index is 0.0999. The van der Waals surface area contributed by atoms with E-state index in [9.17, 15) is 14.7 Å². The first-order valence-corrected chi connectivity index (χ1v) is 16.8. The predicted octanol–water partition coefficient (Wildman–Crippen LogP) is 8.73. The van der Waals surface area contributed by atoms with Crippen molar-refractivity contribution in [3.05, 3.63) is 203 Å². The molecule has 0 saturated carbocycles. The van der Waals surface area contributed by atoms with Gasteiger partial charge < -0.3 is 19.9 Å². The van der Waals surface area contributed by atoms with Gasteiger partial charge in [0.05, 0.1) is 6.61 Å². The molecule has 0 unspecified atom stereocenters. The minimum Gasteiger partial charge on any atom is -0.480 e. The van der Waals surface area contributed by atoms with Crippen molar-refractivity contribution in [3.63, 3.8) is 0 Å². The van der Waals surface area contributed by atoms with Crippen LogP contribution in [0.25, 0.3) is 11.1 Å². The zero-order chi connectivity index (χ0) is 34.3. The standard InChI is InChI=1S/C44H37NO5/c46-42(47)41(45-43(48)49-30-40-38-22-12-10-20-36(38)37-21-11-13-23-39(37)40)28-31-24-26-32(27-25-31)29-50-44(33-14-4-1-5-15-33,34-16-6-2-7-17-34)35-18-8-3-9-19-35/h1-27,40-41H,28-30H2,(H,45,48)(H,46,47)/t41-/m0/s1. The molecule has 0 fully saturated rings. The highest BCUT2D eigenvalue weighted by atomic mass is 16.5. The number of aliphatic carboxylic acids is 1. The normalized spacial score (nSPS) is 12.8. The Morgan fingerprint density at radius 2 is 1.04 bits per heavy atom. The number of nitrogens with one attached hydrogen (secondary N) is 1. The summed E-state index contributed by atoms with van der Waals surface area (Å²) in [5, 5.41) is 12.6. The van der Waals surface area contributed by atoms with E-state index in [1.165, 1.54) is 0 Å². The molecule has 0 radical (unpaired) electrons. The van der Waals surface area contributed by atoms with Gasteiger partial charge in [-0.1, -0.05) is 164 Å². The van der Waals surface area contributed by atoms with Crippen LogP contribution in [0.2, 0.25) is 0 Å². The first-order valence-electron chi connectivity index (χ1n) is 16.8. The van der Waals surface area contributed by atoms with Gasteiger partial charge in [0.1, 0.15) is 18.2 Å². The van der Waals surface area contributed by atoms with Crippen LogP contribution >= 0.6 is 0 Å². The summed E-state index contributed by atoms with van der Waals surface area (Å²) < 4.78 is 12.6. The molecule has 0 saturated heterocycles. The van der Waals surface area contributed by atoms with Gasteiger partial charge in [-0.25, -0.2) is 9.59 Å². The van der Waals surface area contributed by atoms with Gasteiger partial charge in [-0.05, 0) is 50.1 Å². The first kappa shape index (κ1) is 32.6. The third-order valence-corrected chi connectivity index (χ3v) is 9.39. The van der Waals surface area contributed by atoms with Crippen molar-refractivity contribution < 1.29 is 24.2 Å². The lowest BCUT2D eigenvalue weighted by Crippen LogP contribution is -2.42. The summed E-state index contributed by atoms with van der Waals surface area (Å²) in [6.07, 6.45) is -0.661. The highest BCUT2D eigenvalue weighted by molar-refractivity contribution is 5.81. The van der Waals surface area contributed by atoms with E-state index in [1.54, 1.807) is 0 Å². The summed E-state index contributed by atoms with van der Waals surface area (Å²) in [6.45, 7) is 0.413. The van der Waals surface area contributed by atoms with Crippen molar-refractivity contribution in [2.75, 3.05) is 6.61 Å². The number of carbonyl (C=O) groups is 2. The number of benzene rings is 6. The molecule has 7 rings (SSSR count). The molecule has 1 amide bonds. The second-order valence-electron chi connectivity index (χ2n) is 12.4. The van der Waals surface area contributed by atoms with Crippen molar-refractivity contribution >= 4 is 12.1 Å². The third kappa shape index (κ3) is 6.66. The lowest BCUT2D eigenvalue weighted by Gasteiger charge is -2.36. The average molecular weight is 660 g/mol. The Balaban J connectivity index is 1.03. The topological polar surface area (TPSA) is 84.9 Å². The molecule has 248 valence electrons. The van der Waals surface area contributed by atoms with Crippen LogP contribution in [0.5, 0.6) is 0 Å². The summed E-state index contributed by atoms with van der Waals surface area (Å²) in [7, 11) is 0. The van der Waals surface area contributed by atoms with Crippen LogP contribution in [0.1, 0.15) is 44.9 Å². The number of hydrogen-bond acceptors (Lipinski definition) is 4. The van der Waals surface area contributed by atoms with E-state index in [2.05, 4.69) is 53.8 Å². The Morgan fingerprint density at radius 3 is 1.52 bits per heavy atom. The number of amides is 1. The Kier molecular flexibility index (Phi) is 9.54. The van der Waals surface area contributed by atoms with Gasteiger partial charge >= 0.3 is 12.1 Å². The number of hydrogen-bond donors (Lipinski definition) is 2. The maximum atomic E-state index is 12.9. The number of rotatable bonds is 12. The van der Waals surface area contributed by atoms with Crippen LogP contribution in [-0.4, -0.2) is 29.8 Å². The molecular formula is C44H37NO5. The monoisotopic (exact) mass is 659 g/mol. The number of fused-ring (bicyclic) bond motifs is 3. The van der Waals surface area contributed by atoms with Crippen molar-refractivity contribution in [1.29, 1.82) is 0 Å². The van der Waals surface area contributed by atoms with E-state index < -0.39 is 23.7 Å². The van der Waals surface area contributed by atoms with E-state index in [0.717, 1.165) is 50.1 Å². The highest BCUT2D eigenvalue weighted by Gasteiger charge is 2.37. The Morgan fingerprint density at radius 1 is 0.600 bits per heavy atom. The van der Waals surface area contributed by atoms with Crippen LogP contribution < -0.4 is 5.32 Å². The summed E-state index contributed by atoms with van der Waals surface area (Å²) in [5.41, 5.74) is 8.30. The largest absolute Gasteiger partial charge is 0.480 e. The highest BCUT2D eigenvalue weighted by Crippen LogP contribution is 2.44. The zero-order valence-electron chi connectivity index (χ0n) is 27.4.